The summed E-state index contributed by atoms with van der Waals surface area (Å²) in [7, 11) is 1.83. The van der Waals surface area contributed by atoms with E-state index in [2.05, 4.69) is 68.4 Å². The molecule has 27 heavy (non-hydrogen) atoms. The summed E-state index contributed by atoms with van der Waals surface area (Å²) in [5.74, 6) is 0.873. The van der Waals surface area contributed by atoms with Gasteiger partial charge in [-0.3, -0.25) is 9.89 Å². The standard InChI is InChI=1S/C21H30N4OS/c1-22-21(23-11-5-9-18-7-3-2-4-8-18)24-17-19(20-10-6-16-27-20)25-12-14-26-15-13-25/h2-4,6-8,10,16,19H,5,9,11-15,17H2,1H3,(H2,22,23,24). The van der Waals surface area contributed by atoms with Crippen LogP contribution in [0.3, 0.4) is 0 Å². The third-order valence-corrected chi connectivity index (χ3v) is 5.80. The first kappa shape index (κ1) is 19.9. The first-order valence-corrected chi connectivity index (χ1v) is 10.6. The zero-order chi connectivity index (χ0) is 18.7. The molecule has 0 saturated carbocycles. The average molecular weight is 387 g/mol. The van der Waals surface area contributed by atoms with Crippen molar-refractivity contribution in [3.8, 4) is 0 Å². The van der Waals surface area contributed by atoms with Crippen LogP contribution >= 0.6 is 11.3 Å². The second kappa shape index (κ2) is 11.1. The Morgan fingerprint density at radius 3 is 2.67 bits per heavy atom. The van der Waals surface area contributed by atoms with E-state index in [4.69, 9.17) is 4.74 Å². The van der Waals surface area contributed by atoms with Crippen molar-refractivity contribution >= 4 is 17.3 Å². The molecule has 0 radical (unpaired) electrons. The molecule has 1 aromatic carbocycles. The Balaban J connectivity index is 1.46. The number of aliphatic imine (C=N–C) groups is 1. The molecule has 0 amide bonds. The number of aryl methyl sites for hydroxylation is 1. The van der Waals surface area contributed by atoms with Gasteiger partial charge in [0.1, 0.15) is 0 Å². The third-order valence-electron chi connectivity index (χ3n) is 4.82. The lowest BCUT2D eigenvalue weighted by atomic mass is 10.1. The molecule has 2 N–H and O–H groups in total. The molecule has 1 fully saturated rings. The smallest absolute Gasteiger partial charge is 0.191 e. The fraction of sp³-hybridized carbons (Fsp3) is 0.476. The second-order valence-corrected chi connectivity index (χ2v) is 7.63. The van der Waals surface area contributed by atoms with Crippen molar-refractivity contribution in [2.45, 2.75) is 18.9 Å². The van der Waals surface area contributed by atoms with Crippen molar-refractivity contribution in [3.63, 3.8) is 0 Å². The van der Waals surface area contributed by atoms with Gasteiger partial charge in [-0.2, -0.15) is 0 Å². The van der Waals surface area contributed by atoms with Crippen LogP contribution in [0.1, 0.15) is 22.9 Å². The van der Waals surface area contributed by atoms with Gasteiger partial charge in [0, 0.05) is 38.1 Å². The molecule has 5 nitrogen and oxygen atoms in total. The zero-order valence-electron chi connectivity index (χ0n) is 16.1. The van der Waals surface area contributed by atoms with Crippen molar-refractivity contribution in [2.24, 2.45) is 4.99 Å². The molecule has 1 aliphatic rings. The summed E-state index contributed by atoms with van der Waals surface area (Å²) in [6.45, 7) is 5.35. The highest BCUT2D eigenvalue weighted by molar-refractivity contribution is 7.10. The van der Waals surface area contributed by atoms with Crippen LogP contribution in [0.4, 0.5) is 0 Å². The van der Waals surface area contributed by atoms with Crippen LogP contribution in [0.15, 0.2) is 52.8 Å². The Kier molecular flexibility index (Phi) is 8.14. The summed E-state index contributed by atoms with van der Waals surface area (Å²) in [6.07, 6.45) is 2.17. The molecule has 2 heterocycles. The van der Waals surface area contributed by atoms with Gasteiger partial charge in [-0.1, -0.05) is 36.4 Å². The van der Waals surface area contributed by atoms with Crippen LogP contribution in [-0.4, -0.2) is 57.3 Å². The Morgan fingerprint density at radius 1 is 1.15 bits per heavy atom. The van der Waals surface area contributed by atoms with Crippen molar-refractivity contribution in [1.82, 2.24) is 15.5 Å². The van der Waals surface area contributed by atoms with E-state index in [0.717, 1.165) is 58.2 Å². The number of hydrogen-bond acceptors (Lipinski definition) is 4. The van der Waals surface area contributed by atoms with Crippen molar-refractivity contribution in [2.75, 3.05) is 46.4 Å². The van der Waals surface area contributed by atoms with E-state index in [0.29, 0.717) is 6.04 Å². The predicted octanol–water partition coefficient (Wildman–Crippen LogP) is 2.92. The molecule has 0 aliphatic carbocycles. The number of thiophene rings is 1. The van der Waals surface area contributed by atoms with Gasteiger partial charge in [0.25, 0.3) is 0 Å². The van der Waals surface area contributed by atoms with Gasteiger partial charge in [0.15, 0.2) is 5.96 Å². The highest BCUT2D eigenvalue weighted by atomic mass is 32.1. The fourth-order valence-corrected chi connectivity index (χ4v) is 4.20. The van der Waals surface area contributed by atoms with Crippen molar-refractivity contribution < 1.29 is 4.74 Å². The van der Waals surface area contributed by atoms with Gasteiger partial charge in [0.05, 0.1) is 19.3 Å². The minimum atomic E-state index is 0.358. The number of nitrogens with one attached hydrogen (secondary N) is 2. The largest absolute Gasteiger partial charge is 0.379 e. The maximum absolute atomic E-state index is 5.52. The molecule has 1 aromatic heterocycles. The number of rotatable bonds is 8. The molecule has 1 saturated heterocycles. The van der Waals surface area contributed by atoms with E-state index in [9.17, 15) is 0 Å². The van der Waals surface area contributed by atoms with E-state index in [-0.39, 0.29) is 0 Å². The normalized spacial score (nSPS) is 16.9. The number of hydrogen-bond donors (Lipinski definition) is 2. The topological polar surface area (TPSA) is 48.9 Å². The molecule has 0 spiro atoms. The fourth-order valence-electron chi connectivity index (χ4n) is 3.34. The van der Waals surface area contributed by atoms with Crippen molar-refractivity contribution in [3.05, 3.63) is 58.3 Å². The molecule has 1 aliphatic heterocycles. The van der Waals surface area contributed by atoms with Gasteiger partial charge < -0.3 is 15.4 Å². The molecule has 146 valence electrons. The van der Waals surface area contributed by atoms with Crippen LogP contribution in [0, 0.1) is 0 Å². The van der Waals surface area contributed by atoms with E-state index in [1.165, 1.54) is 10.4 Å². The number of nitrogens with zero attached hydrogens (tertiary/aromatic N) is 2. The Bertz CT molecular complexity index is 669. The van der Waals surface area contributed by atoms with Gasteiger partial charge in [0.2, 0.25) is 0 Å². The maximum atomic E-state index is 5.52. The second-order valence-electron chi connectivity index (χ2n) is 6.65. The van der Waals surface area contributed by atoms with Gasteiger partial charge >= 0.3 is 0 Å². The Labute approximate surface area is 166 Å². The molecule has 0 bridgehead atoms. The monoisotopic (exact) mass is 386 g/mol. The summed E-state index contributed by atoms with van der Waals surface area (Å²) in [5.41, 5.74) is 1.38. The number of benzene rings is 1. The van der Waals surface area contributed by atoms with E-state index >= 15 is 0 Å². The summed E-state index contributed by atoms with van der Waals surface area (Å²) in [4.78, 5) is 8.28. The zero-order valence-corrected chi connectivity index (χ0v) is 16.9. The summed E-state index contributed by atoms with van der Waals surface area (Å²) < 4.78 is 5.52. The lowest BCUT2D eigenvalue weighted by Gasteiger charge is -2.34. The van der Waals surface area contributed by atoms with Crippen LogP contribution < -0.4 is 10.6 Å². The van der Waals surface area contributed by atoms with E-state index in [1.54, 1.807) is 0 Å². The van der Waals surface area contributed by atoms with Crippen LogP contribution in [0.25, 0.3) is 0 Å². The summed E-state index contributed by atoms with van der Waals surface area (Å²) in [5, 5.41) is 9.11. The van der Waals surface area contributed by atoms with Crippen LogP contribution in [-0.2, 0) is 11.2 Å². The summed E-state index contributed by atoms with van der Waals surface area (Å²) in [6, 6.07) is 15.3. The first-order chi connectivity index (χ1) is 13.4. The highest BCUT2D eigenvalue weighted by Gasteiger charge is 2.23. The summed E-state index contributed by atoms with van der Waals surface area (Å²) >= 11 is 1.82. The molecule has 2 aromatic rings. The van der Waals surface area contributed by atoms with Gasteiger partial charge in [-0.25, -0.2) is 0 Å². The molecule has 3 rings (SSSR count). The predicted molar refractivity (Wildman–Crippen MR) is 114 cm³/mol. The quantitative estimate of drug-likeness (QED) is 0.416. The Hall–Kier alpha value is -1.89. The van der Waals surface area contributed by atoms with Gasteiger partial charge in [-0.15, -0.1) is 11.3 Å². The molecule has 6 heteroatoms. The number of ether oxygens (including phenoxy) is 1. The number of guanidine groups is 1. The lowest BCUT2D eigenvalue weighted by molar-refractivity contribution is 0.0177. The third kappa shape index (κ3) is 6.34. The lowest BCUT2D eigenvalue weighted by Crippen LogP contribution is -2.46. The Morgan fingerprint density at radius 2 is 1.96 bits per heavy atom. The molecular weight excluding hydrogens is 356 g/mol. The minimum Gasteiger partial charge on any atom is -0.379 e. The number of morpholine rings is 1. The van der Waals surface area contributed by atoms with Crippen LogP contribution in [0.5, 0.6) is 0 Å². The van der Waals surface area contributed by atoms with Crippen molar-refractivity contribution in [1.29, 1.82) is 0 Å². The first-order valence-electron chi connectivity index (χ1n) is 9.70. The molecule has 1 unspecified atom stereocenters. The molecular formula is C21H30N4OS. The van der Waals surface area contributed by atoms with Gasteiger partial charge in [-0.05, 0) is 29.9 Å². The van der Waals surface area contributed by atoms with Crippen LogP contribution in [0.2, 0.25) is 0 Å². The maximum Gasteiger partial charge on any atom is 0.191 e. The average Bonchev–Trinajstić information content (AvgIpc) is 3.26. The SMILES string of the molecule is CN=C(NCCCc1ccccc1)NCC(c1cccs1)N1CCOCC1. The van der Waals surface area contributed by atoms with E-state index in [1.807, 2.05) is 18.4 Å². The highest BCUT2D eigenvalue weighted by Crippen LogP contribution is 2.25. The molecule has 1 atom stereocenters. The van der Waals surface area contributed by atoms with E-state index < -0.39 is 0 Å². The minimum absolute atomic E-state index is 0.358.